The summed E-state index contributed by atoms with van der Waals surface area (Å²) in [7, 11) is 1.73. The highest BCUT2D eigenvalue weighted by Crippen LogP contribution is 2.33. The highest BCUT2D eigenvalue weighted by molar-refractivity contribution is 14.0. The SMILES string of the molecule is CN=C(NCc1sc(C)nc1C)NCC1C(C)OC(C)(C)N1C(=O)OC(C)(C)C.I. The van der Waals surface area contributed by atoms with Crippen molar-refractivity contribution in [2.45, 2.75) is 85.4 Å². The molecule has 172 valence electrons. The first kappa shape index (κ1) is 26.9. The van der Waals surface area contributed by atoms with Crippen molar-refractivity contribution in [3.8, 4) is 0 Å². The van der Waals surface area contributed by atoms with E-state index in [2.05, 4.69) is 20.6 Å². The molecular weight excluding hydrogens is 517 g/mol. The molecule has 2 rings (SSSR count). The zero-order valence-electron chi connectivity index (χ0n) is 19.5. The van der Waals surface area contributed by atoms with E-state index in [0.717, 1.165) is 10.7 Å². The highest BCUT2D eigenvalue weighted by Gasteiger charge is 2.49. The predicted molar refractivity (Wildman–Crippen MR) is 132 cm³/mol. The largest absolute Gasteiger partial charge is 0.444 e. The maximum absolute atomic E-state index is 12.8. The van der Waals surface area contributed by atoms with Gasteiger partial charge in [0.05, 0.1) is 29.4 Å². The van der Waals surface area contributed by atoms with Gasteiger partial charge in [-0.05, 0) is 55.4 Å². The molecule has 10 heteroatoms. The minimum Gasteiger partial charge on any atom is -0.444 e. The summed E-state index contributed by atoms with van der Waals surface area (Å²) < 4.78 is 11.7. The van der Waals surface area contributed by atoms with E-state index in [4.69, 9.17) is 9.47 Å². The summed E-state index contributed by atoms with van der Waals surface area (Å²) in [5.41, 5.74) is -0.284. The number of carbonyl (C=O) groups excluding carboxylic acids is 1. The van der Waals surface area contributed by atoms with Crippen LogP contribution in [0, 0.1) is 13.8 Å². The van der Waals surface area contributed by atoms with E-state index in [-0.39, 0.29) is 42.2 Å². The Labute approximate surface area is 201 Å². The molecule has 0 radical (unpaired) electrons. The number of carbonyl (C=O) groups is 1. The molecule has 0 saturated carbocycles. The number of aromatic nitrogens is 1. The molecule has 2 atom stereocenters. The predicted octanol–water partition coefficient (Wildman–Crippen LogP) is 3.80. The first-order valence-electron chi connectivity index (χ1n) is 9.91. The normalized spacial score (nSPS) is 21.2. The third-order valence-electron chi connectivity index (χ3n) is 4.64. The molecule has 2 heterocycles. The van der Waals surface area contributed by atoms with Gasteiger partial charge in [-0.15, -0.1) is 35.3 Å². The third-order valence-corrected chi connectivity index (χ3v) is 5.71. The summed E-state index contributed by atoms with van der Waals surface area (Å²) in [4.78, 5) is 24.4. The van der Waals surface area contributed by atoms with Gasteiger partial charge in [-0.3, -0.25) is 9.89 Å². The lowest BCUT2D eigenvalue weighted by Gasteiger charge is -2.35. The average Bonchev–Trinajstić information content (AvgIpc) is 3.00. The van der Waals surface area contributed by atoms with Crippen molar-refractivity contribution in [3.63, 3.8) is 0 Å². The number of hydrogen-bond acceptors (Lipinski definition) is 6. The van der Waals surface area contributed by atoms with Crippen molar-refractivity contribution < 1.29 is 14.3 Å². The van der Waals surface area contributed by atoms with Crippen LogP contribution in [0.5, 0.6) is 0 Å². The summed E-state index contributed by atoms with van der Waals surface area (Å²) in [6, 6.07) is -0.189. The molecule has 1 saturated heterocycles. The Hall–Kier alpha value is -1.14. The van der Waals surface area contributed by atoms with Crippen LogP contribution < -0.4 is 10.6 Å². The number of amides is 1. The summed E-state index contributed by atoms with van der Waals surface area (Å²) in [6.07, 6.45) is -0.521. The summed E-state index contributed by atoms with van der Waals surface area (Å²) >= 11 is 1.67. The maximum atomic E-state index is 12.8. The molecular formula is C20H36IN5O3S. The Balaban J connectivity index is 0.00000450. The fraction of sp³-hybridized carbons (Fsp3) is 0.750. The summed E-state index contributed by atoms with van der Waals surface area (Å²) in [5, 5.41) is 7.68. The van der Waals surface area contributed by atoms with Crippen molar-refractivity contribution >= 4 is 47.4 Å². The number of aryl methyl sites for hydroxylation is 2. The second-order valence-corrected chi connectivity index (χ2v) is 10.0. The number of nitrogens with one attached hydrogen (secondary N) is 2. The van der Waals surface area contributed by atoms with E-state index in [1.807, 2.05) is 55.4 Å². The molecule has 1 aromatic rings. The average molecular weight is 554 g/mol. The fourth-order valence-corrected chi connectivity index (χ4v) is 4.32. The number of thiazole rings is 1. The van der Waals surface area contributed by atoms with Crippen molar-refractivity contribution in [1.29, 1.82) is 0 Å². The van der Waals surface area contributed by atoms with E-state index in [0.29, 0.717) is 19.0 Å². The topological polar surface area (TPSA) is 88.1 Å². The minimum atomic E-state index is -0.748. The molecule has 1 fully saturated rings. The van der Waals surface area contributed by atoms with Crippen LogP contribution in [0.1, 0.15) is 57.1 Å². The number of hydrogen-bond donors (Lipinski definition) is 2. The molecule has 0 aliphatic carbocycles. The molecule has 0 spiro atoms. The second-order valence-electron chi connectivity index (χ2n) is 8.74. The number of nitrogens with zero attached hydrogens (tertiary/aromatic N) is 3. The highest BCUT2D eigenvalue weighted by atomic mass is 127. The van der Waals surface area contributed by atoms with Gasteiger partial charge in [0.2, 0.25) is 0 Å². The fourth-order valence-electron chi connectivity index (χ4n) is 3.45. The quantitative estimate of drug-likeness (QED) is 0.335. The molecule has 8 nitrogen and oxygen atoms in total. The molecule has 1 aliphatic heterocycles. The standard InChI is InChI=1S/C20H35N5O3S.HI/c1-12-16(29-14(3)24-12)11-23-17(21-9)22-10-15-13(2)27-20(7,8)25(15)18(26)28-19(4,5)6;/h13,15H,10-11H2,1-9H3,(H2,21,22,23);1H. The van der Waals surface area contributed by atoms with Gasteiger partial charge in [-0.1, -0.05) is 0 Å². The van der Waals surface area contributed by atoms with E-state index >= 15 is 0 Å². The van der Waals surface area contributed by atoms with E-state index in [9.17, 15) is 4.79 Å². The summed E-state index contributed by atoms with van der Waals surface area (Å²) in [6.45, 7) is 16.5. The van der Waals surface area contributed by atoms with E-state index in [1.165, 1.54) is 4.88 Å². The first-order valence-corrected chi connectivity index (χ1v) is 10.7. The second kappa shape index (κ2) is 10.4. The Morgan fingerprint density at radius 3 is 2.47 bits per heavy atom. The smallest absolute Gasteiger partial charge is 0.412 e. The number of ether oxygens (including phenoxy) is 2. The van der Waals surface area contributed by atoms with Crippen LogP contribution >= 0.6 is 35.3 Å². The zero-order chi connectivity index (χ0) is 22.0. The number of halogens is 1. The Morgan fingerprint density at radius 1 is 1.33 bits per heavy atom. The van der Waals surface area contributed by atoms with Crippen LogP contribution in [-0.2, 0) is 16.0 Å². The molecule has 0 bridgehead atoms. The van der Waals surface area contributed by atoms with Crippen molar-refractivity contribution in [2.75, 3.05) is 13.6 Å². The number of guanidine groups is 1. The van der Waals surface area contributed by atoms with Crippen LogP contribution in [0.4, 0.5) is 4.79 Å². The van der Waals surface area contributed by atoms with Crippen LogP contribution in [-0.4, -0.2) is 59.0 Å². The Morgan fingerprint density at radius 2 is 1.97 bits per heavy atom. The van der Waals surface area contributed by atoms with Crippen LogP contribution in [0.3, 0.4) is 0 Å². The molecule has 2 N–H and O–H groups in total. The zero-order valence-corrected chi connectivity index (χ0v) is 22.6. The molecule has 0 aromatic carbocycles. The van der Waals surface area contributed by atoms with Gasteiger partial charge in [0.1, 0.15) is 11.3 Å². The molecule has 30 heavy (non-hydrogen) atoms. The van der Waals surface area contributed by atoms with Gasteiger partial charge < -0.3 is 20.1 Å². The summed E-state index contributed by atoms with van der Waals surface area (Å²) in [5.74, 6) is 0.663. The maximum Gasteiger partial charge on any atom is 0.412 e. The van der Waals surface area contributed by atoms with Gasteiger partial charge in [0, 0.05) is 18.5 Å². The van der Waals surface area contributed by atoms with E-state index < -0.39 is 11.3 Å². The van der Waals surface area contributed by atoms with Gasteiger partial charge in [0.15, 0.2) is 5.96 Å². The third kappa shape index (κ3) is 6.94. The molecule has 1 aliphatic rings. The lowest BCUT2D eigenvalue weighted by Crippen LogP contribution is -2.54. The molecule has 1 aromatic heterocycles. The van der Waals surface area contributed by atoms with Crippen LogP contribution in [0.15, 0.2) is 4.99 Å². The van der Waals surface area contributed by atoms with Crippen molar-refractivity contribution in [2.24, 2.45) is 4.99 Å². The molecule has 1 amide bonds. The van der Waals surface area contributed by atoms with Crippen LogP contribution in [0.25, 0.3) is 0 Å². The van der Waals surface area contributed by atoms with Gasteiger partial charge in [0.25, 0.3) is 0 Å². The van der Waals surface area contributed by atoms with Crippen molar-refractivity contribution in [3.05, 3.63) is 15.6 Å². The number of rotatable bonds is 4. The Kier molecular flexibility index (Phi) is 9.37. The lowest BCUT2D eigenvalue weighted by molar-refractivity contribution is -0.0755. The van der Waals surface area contributed by atoms with E-state index in [1.54, 1.807) is 23.3 Å². The first-order chi connectivity index (χ1) is 13.3. The molecule has 2 unspecified atom stereocenters. The van der Waals surface area contributed by atoms with Gasteiger partial charge in [-0.2, -0.15) is 0 Å². The Bertz CT molecular complexity index is 760. The van der Waals surface area contributed by atoms with Gasteiger partial charge >= 0.3 is 6.09 Å². The van der Waals surface area contributed by atoms with Crippen molar-refractivity contribution in [1.82, 2.24) is 20.5 Å². The lowest BCUT2D eigenvalue weighted by atomic mass is 10.1. The number of aliphatic imine (C=N–C) groups is 1. The minimum absolute atomic E-state index is 0. The van der Waals surface area contributed by atoms with Gasteiger partial charge in [-0.25, -0.2) is 9.78 Å². The monoisotopic (exact) mass is 553 g/mol. The van der Waals surface area contributed by atoms with Crippen LogP contribution in [0.2, 0.25) is 0 Å².